The van der Waals surface area contributed by atoms with Crippen LogP contribution in [0.25, 0.3) is 10.2 Å². The SMILES string of the molecule is COc1cccc2sc(N(C)CC(=O)NC3CCCC3)nc12. The molecule has 0 radical (unpaired) electrons. The van der Waals surface area contributed by atoms with Crippen LogP contribution in [0.2, 0.25) is 0 Å². The van der Waals surface area contributed by atoms with Gasteiger partial charge in [-0.1, -0.05) is 30.2 Å². The molecule has 0 saturated heterocycles. The number of nitrogens with zero attached hydrogens (tertiary/aromatic N) is 2. The van der Waals surface area contributed by atoms with Crippen molar-refractivity contribution < 1.29 is 9.53 Å². The number of para-hydroxylation sites is 1. The van der Waals surface area contributed by atoms with E-state index in [1.54, 1.807) is 18.4 Å². The van der Waals surface area contributed by atoms with Crippen LogP contribution in [0.4, 0.5) is 5.13 Å². The molecule has 1 aliphatic carbocycles. The molecule has 1 amide bonds. The molecule has 0 bridgehead atoms. The average Bonchev–Trinajstić information content (AvgIpc) is 3.15. The number of hydrogen-bond donors (Lipinski definition) is 1. The fourth-order valence-corrected chi connectivity index (χ4v) is 3.81. The number of anilines is 1. The number of aromatic nitrogens is 1. The first-order valence-corrected chi connectivity index (χ1v) is 8.43. The lowest BCUT2D eigenvalue weighted by Crippen LogP contribution is -2.39. The van der Waals surface area contributed by atoms with Gasteiger partial charge in [-0.2, -0.15) is 0 Å². The van der Waals surface area contributed by atoms with Gasteiger partial charge in [-0.3, -0.25) is 4.79 Å². The zero-order valence-corrected chi connectivity index (χ0v) is 13.8. The van der Waals surface area contributed by atoms with Crippen molar-refractivity contribution in [2.24, 2.45) is 0 Å². The van der Waals surface area contributed by atoms with Crippen LogP contribution < -0.4 is 15.0 Å². The summed E-state index contributed by atoms with van der Waals surface area (Å²) >= 11 is 1.57. The predicted octanol–water partition coefficient (Wildman–Crippen LogP) is 2.80. The molecule has 5 nitrogen and oxygen atoms in total. The molecule has 1 aromatic carbocycles. The summed E-state index contributed by atoms with van der Waals surface area (Å²) in [6.45, 7) is 0.332. The normalized spacial score (nSPS) is 15.2. The van der Waals surface area contributed by atoms with Crippen LogP contribution in [0.3, 0.4) is 0 Å². The van der Waals surface area contributed by atoms with E-state index < -0.39 is 0 Å². The molecule has 1 saturated carbocycles. The highest BCUT2D eigenvalue weighted by atomic mass is 32.1. The minimum absolute atomic E-state index is 0.0700. The zero-order valence-electron chi connectivity index (χ0n) is 13.0. The van der Waals surface area contributed by atoms with Crippen LogP contribution in [-0.4, -0.2) is 37.6 Å². The Kier molecular flexibility index (Phi) is 4.47. The summed E-state index contributed by atoms with van der Waals surface area (Å²) in [6.07, 6.45) is 4.65. The standard InChI is InChI=1S/C16H21N3O2S/c1-19(10-14(20)17-11-6-3-4-7-11)16-18-15-12(21-2)8-5-9-13(15)22-16/h5,8-9,11H,3-4,6-7,10H2,1-2H3,(H,17,20). The third-order valence-electron chi connectivity index (χ3n) is 4.02. The number of nitrogens with one attached hydrogen (secondary N) is 1. The second kappa shape index (κ2) is 6.52. The summed E-state index contributed by atoms with van der Waals surface area (Å²) in [5, 5.41) is 3.94. The fraction of sp³-hybridized carbons (Fsp3) is 0.500. The van der Waals surface area contributed by atoms with Gasteiger partial charge in [0.15, 0.2) is 5.13 Å². The number of ether oxygens (including phenoxy) is 1. The molecular weight excluding hydrogens is 298 g/mol. The Morgan fingerprint density at radius 3 is 2.95 bits per heavy atom. The Morgan fingerprint density at radius 1 is 1.45 bits per heavy atom. The number of rotatable bonds is 5. The Hall–Kier alpha value is -1.82. The molecule has 2 aromatic rings. The van der Waals surface area contributed by atoms with Gasteiger partial charge in [-0.05, 0) is 25.0 Å². The third-order valence-corrected chi connectivity index (χ3v) is 5.15. The summed E-state index contributed by atoms with van der Waals surface area (Å²) in [5.41, 5.74) is 0.855. The van der Waals surface area contributed by atoms with Crippen LogP contribution in [0.5, 0.6) is 5.75 Å². The van der Waals surface area contributed by atoms with Crippen LogP contribution in [0.15, 0.2) is 18.2 Å². The summed E-state index contributed by atoms with van der Waals surface area (Å²) in [4.78, 5) is 18.6. The number of hydrogen-bond acceptors (Lipinski definition) is 5. The molecule has 0 unspecified atom stereocenters. The number of benzene rings is 1. The first-order valence-electron chi connectivity index (χ1n) is 7.61. The van der Waals surface area contributed by atoms with E-state index in [-0.39, 0.29) is 5.91 Å². The first-order chi connectivity index (χ1) is 10.7. The van der Waals surface area contributed by atoms with Crippen molar-refractivity contribution in [1.29, 1.82) is 0 Å². The number of carbonyl (C=O) groups is 1. The lowest BCUT2D eigenvalue weighted by atomic mass is 10.2. The maximum atomic E-state index is 12.1. The molecule has 22 heavy (non-hydrogen) atoms. The summed E-state index contributed by atoms with van der Waals surface area (Å²) in [6, 6.07) is 6.23. The van der Waals surface area contributed by atoms with E-state index in [0.29, 0.717) is 12.6 Å². The highest BCUT2D eigenvalue weighted by molar-refractivity contribution is 7.22. The quantitative estimate of drug-likeness (QED) is 0.921. The number of carbonyl (C=O) groups excluding carboxylic acids is 1. The Bertz CT molecular complexity index is 664. The topological polar surface area (TPSA) is 54.5 Å². The number of methoxy groups -OCH3 is 1. The number of likely N-dealkylation sites (N-methyl/N-ethyl adjacent to an activating group) is 1. The van der Waals surface area contributed by atoms with Gasteiger partial charge in [0.05, 0.1) is 18.4 Å². The van der Waals surface area contributed by atoms with Crippen molar-refractivity contribution in [3.05, 3.63) is 18.2 Å². The van der Waals surface area contributed by atoms with Gasteiger partial charge in [-0.15, -0.1) is 0 Å². The molecule has 1 aromatic heterocycles. The maximum absolute atomic E-state index is 12.1. The lowest BCUT2D eigenvalue weighted by Gasteiger charge is -2.17. The van der Waals surface area contributed by atoms with E-state index in [2.05, 4.69) is 10.3 Å². The molecule has 1 aliphatic rings. The smallest absolute Gasteiger partial charge is 0.239 e. The second-order valence-electron chi connectivity index (χ2n) is 5.71. The Morgan fingerprint density at radius 2 is 2.23 bits per heavy atom. The van der Waals surface area contributed by atoms with Crippen LogP contribution in [-0.2, 0) is 4.79 Å². The highest BCUT2D eigenvalue weighted by Gasteiger charge is 2.19. The minimum Gasteiger partial charge on any atom is -0.494 e. The van der Waals surface area contributed by atoms with Crippen molar-refractivity contribution >= 4 is 32.6 Å². The summed E-state index contributed by atoms with van der Waals surface area (Å²) in [7, 11) is 3.55. The van der Waals surface area contributed by atoms with Crippen LogP contribution in [0.1, 0.15) is 25.7 Å². The molecule has 1 fully saturated rings. The van der Waals surface area contributed by atoms with Crippen molar-refractivity contribution in [2.45, 2.75) is 31.7 Å². The highest BCUT2D eigenvalue weighted by Crippen LogP contribution is 2.33. The van der Waals surface area contributed by atoms with Crippen LogP contribution in [0, 0.1) is 0 Å². The lowest BCUT2D eigenvalue weighted by molar-refractivity contribution is -0.120. The predicted molar refractivity (Wildman–Crippen MR) is 89.8 cm³/mol. The summed E-state index contributed by atoms with van der Waals surface area (Å²) < 4.78 is 6.40. The first kappa shape index (κ1) is 15.1. The number of fused-ring (bicyclic) bond motifs is 1. The molecule has 1 N–H and O–H groups in total. The molecule has 0 aliphatic heterocycles. The van der Waals surface area contributed by atoms with E-state index in [1.807, 2.05) is 30.1 Å². The van der Waals surface area contributed by atoms with Crippen molar-refractivity contribution in [1.82, 2.24) is 10.3 Å². The number of amides is 1. The van der Waals surface area contributed by atoms with E-state index in [9.17, 15) is 4.79 Å². The van der Waals surface area contributed by atoms with Crippen molar-refractivity contribution in [2.75, 3.05) is 25.6 Å². The molecule has 3 rings (SSSR count). The fourth-order valence-electron chi connectivity index (χ4n) is 2.87. The van der Waals surface area contributed by atoms with Crippen molar-refractivity contribution in [3.8, 4) is 5.75 Å². The van der Waals surface area contributed by atoms with Gasteiger partial charge in [0.2, 0.25) is 5.91 Å². The molecule has 118 valence electrons. The average molecular weight is 319 g/mol. The Labute approximate surface area is 134 Å². The molecular formula is C16H21N3O2S. The zero-order chi connectivity index (χ0) is 15.5. The van der Waals surface area contributed by atoms with E-state index in [0.717, 1.165) is 33.9 Å². The second-order valence-corrected chi connectivity index (χ2v) is 6.72. The molecule has 1 heterocycles. The Balaban J connectivity index is 1.69. The van der Waals surface area contributed by atoms with Gasteiger partial charge in [0, 0.05) is 13.1 Å². The minimum atomic E-state index is 0.0700. The van der Waals surface area contributed by atoms with Gasteiger partial charge >= 0.3 is 0 Å². The van der Waals surface area contributed by atoms with E-state index in [1.165, 1.54) is 12.8 Å². The van der Waals surface area contributed by atoms with Gasteiger partial charge in [-0.25, -0.2) is 4.98 Å². The van der Waals surface area contributed by atoms with Gasteiger partial charge in [0.25, 0.3) is 0 Å². The number of thiazole rings is 1. The van der Waals surface area contributed by atoms with Crippen molar-refractivity contribution in [3.63, 3.8) is 0 Å². The maximum Gasteiger partial charge on any atom is 0.239 e. The van der Waals surface area contributed by atoms with Crippen LogP contribution >= 0.6 is 11.3 Å². The van der Waals surface area contributed by atoms with Gasteiger partial charge < -0.3 is 15.0 Å². The monoisotopic (exact) mass is 319 g/mol. The largest absolute Gasteiger partial charge is 0.494 e. The molecule has 6 heteroatoms. The van der Waals surface area contributed by atoms with Gasteiger partial charge in [0.1, 0.15) is 11.3 Å². The molecule has 0 atom stereocenters. The summed E-state index contributed by atoms with van der Waals surface area (Å²) in [5.74, 6) is 0.837. The van der Waals surface area contributed by atoms with E-state index >= 15 is 0 Å². The third kappa shape index (κ3) is 3.16. The van der Waals surface area contributed by atoms with E-state index in [4.69, 9.17) is 4.74 Å². The molecule has 0 spiro atoms.